The van der Waals surface area contributed by atoms with Crippen LogP contribution < -0.4 is 10.5 Å². The molecule has 0 saturated carbocycles. The number of benzene rings is 1. The lowest BCUT2D eigenvalue weighted by Crippen LogP contribution is -2.53. The number of nitrogens with zero attached hydrogens (tertiary/aromatic N) is 3. The van der Waals surface area contributed by atoms with Crippen LogP contribution in [0.4, 0.5) is 5.69 Å². The highest BCUT2D eigenvalue weighted by Gasteiger charge is 2.51. The maximum Gasteiger partial charge on any atom is 0.259 e. The Labute approximate surface area is 161 Å². The van der Waals surface area contributed by atoms with Gasteiger partial charge in [-0.15, -0.1) is 11.3 Å². The molecule has 1 fully saturated rings. The molecule has 136 valence electrons. The molecule has 5 rings (SSSR count). The maximum absolute atomic E-state index is 12.9. The molecule has 1 N–H and O–H groups in total. The topological polar surface area (TPSA) is 72.8 Å². The predicted molar refractivity (Wildman–Crippen MR) is 108 cm³/mol. The zero-order chi connectivity index (χ0) is 18.8. The molecule has 0 aliphatic carbocycles. The van der Waals surface area contributed by atoms with Crippen LogP contribution in [0.3, 0.4) is 0 Å². The standard InChI is InChI=1S/C21H20N4OS/c1-12-13(2)27-19-17(12)18(26)23-20(24-19)21(11-22)10-14-6-3-4-7-15(14)25-9-5-8-16(21)25/h3-4,6-7,16H,5,8-10H2,1-2H3,(H,23,24,26)/t16-,21-/m0/s1. The number of nitrogens with one attached hydrogen (secondary N) is 1. The fourth-order valence-corrected chi connectivity index (χ4v) is 5.83. The molecule has 5 nitrogen and oxygen atoms in total. The average molecular weight is 376 g/mol. The Morgan fingerprint density at radius 3 is 3.00 bits per heavy atom. The van der Waals surface area contributed by atoms with Crippen molar-refractivity contribution in [2.75, 3.05) is 11.4 Å². The van der Waals surface area contributed by atoms with E-state index in [1.54, 1.807) is 0 Å². The van der Waals surface area contributed by atoms with Crippen molar-refractivity contribution in [2.45, 2.75) is 44.6 Å². The van der Waals surface area contributed by atoms with Gasteiger partial charge in [-0.25, -0.2) is 4.98 Å². The smallest absolute Gasteiger partial charge is 0.259 e. The Morgan fingerprint density at radius 2 is 2.19 bits per heavy atom. The van der Waals surface area contributed by atoms with Crippen LogP contribution in [0.1, 0.15) is 34.7 Å². The molecule has 0 amide bonds. The fourth-order valence-electron chi connectivity index (χ4n) is 4.80. The van der Waals surface area contributed by atoms with Crippen LogP contribution in [0.5, 0.6) is 0 Å². The van der Waals surface area contributed by atoms with Gasteiger partial charge in [0.2, 0.25) is 0 Å². The van der Waals surface area contributed by atoms with E-state index in [2.05, 4.69) is 34.2 Å². The Bertz CT molecular complexity index is 1170. The highest BCUT2D eigenvalue weighted by molar-refractivity contribution is 7.18. The summed E-state index contributed by atoms with van der Waals surface area (Å²) >= 11 is 1.54. The first kappa shape index (κ1) is 16.5. The summed E-state index contributed by atoms with van der Waals surface area (Å²) in [7, 11) is 0. The number of hydrogen-bond donors (Lipinski definition) is 1. The minimum atomic E-state index is -0.829. The summed E-state index contributed by atoms with van der Waals surface area (Å²) in [5.41, 5.74) is 2.40. The molecule has 0 bridgehead atoms. The Kier molecular flexibility index (Phi) is 3.47. The fraction of sp³-hybridized carbons (Fsp3) is 0.381. The lowest BCUT2D eigenvalue weighted by molar-refractivity contribution is 0.390. The molecule has 2 aliphatic heterocycles. The summed E-state index contributed by atoms with van der Waals surface area (Å²) in [6.45, 7) is 4.91. The molecule has 0 spiro atoms. The maximum atomic E-state index is 12.9. The second-order valence-electron chi connectivity index (χ2n) is 7.62. The minimum absolute atomic E-state index is 0.0418. The van der Waals surface area contributed by atoms with Crippen molar-refractivity contribution in [1.29, 1.82) is 5.26 Å². The van der Waals surface area contributed by atoms with Gasteiger partial charge in [0.05, 0.1) is 17.5 Å². The molecule has 2 aliphatic rings. The van der Waals surface area contributed by atoms with E-state index in [0.717, 1.165) is 40.2 Å². The largest absolute Gasteiger partial charge is 0.366 e. The number of aromatic nitrogens is 2. The predicted octanol–water partition coefficient (Wildman–Crippen LogP) is 3.59. The summed E-state index contributed by atoms with van der Waals surface area (Å²) in [5, 5.41) is 11.0. The number of anilines is 1. The van der Waals surface area contributed by atoms with Crippen molar-refractivity contribution < 1.29 is 0 Å². The van der Waals surface area contributed by atoms with Crippen LogP contribution in [-0.2, 0) is 11.8 Å². The normalized spacial score (nSPS) is 23.9. The molecule has 27 heavy (non-hydrogen) atoms. The Morgan fingerprint density at radius 1 is 1.37 bits per heavy atom. The molecule has 1 saturated heterocycles. The van der Waals surface area contributed by atoms with Gasteiger partial charge in [-0.3, -0.25) is 4.79 Å². The van der Waals surface area contributed by atoms with Crippen molar-refractivity contribution in [3.05, 3.63) is 56.4 Å². The summed E-state index contributed by atoms with van der Waals surface area (Å²) < 4.78 is 0. The highest BCUT2D eigenvalue weighted by Crippen LogP contribution is 2.46. The molecule has 3 aromatic rings. The van der Waals surface area contributed by atoms with Gasteiger partial charge in [-0.05, 0) is 43.9 Å². The number of rotatable bonds is 1. The van der Waals surface area contributed by atoms with Crippen molar-refractivity contribution in [1.82, 2.24) is 9.97 Å². The minimum Gasteiger partial charge on any atom is -0.366 e. The first-order chi connectivity index (χ1) is 13.0. The number of aryl methyl sites for hydroxylation is 2. The van der Waals surface area contributed by atoms with E-state index in [4.69, 9.17) is 4.98 Å². The molecular weight excluding hydrogens is 356 g/mol. The van der Waals surface area contributed by atoms with E-state index < -0.39 is 5.41 Å². The summed E-state index contributed by atoms with van der Waals surface area (Å²) in [6, 6.07) is 10.9. The lowest BCUT2D eigenvalue weighted by atomic mass is 9.71. The number of nitriles is 1. The SMILES string of the molecule is Cc1sc2nc([C@]3(C#N)Cc4ccccc4N4CCC[C@H]43)[nH]c(=O)c2c1C. The van der Waals surface area contributed by atoms with Gasteiger partial charge < -0.3 is 9.88 Å². The zero-order valence-corrected chi connectivity index (χ0v) is 16.2. The van der Waals surface area contributed by atoms with Gasteiger partial charge in [0.15, 0.2) is 0 Å². The second-order valence-corrected chi connectivity index (χ2v) is 8.82. The lowest BCUT2D eigenvalue weighted by Gasteiger charge is -2.44. The summed E-state index contributed by atoms with van der Waals surface area (Å²) in [4.78, 5) is 24.9. The van der Waals surface area contributed by atoms with Crippen LogP contribution in [0.25, 0.3) is 10.2 Å². The number of para-hydroxylation sites is 1. The quantitative estimate of drug-likeness (QED) is 0.704. The van der Waals surface area contributed by atoms with Gasteiger partial charge in [-0.2, -0.15) is 5.26 Å². The van der Waals surface area contributed by atoms with Crippen molar-refractivity contribution >= 4 is 27.2 Å². The second kappa shape index (κ2) is 5.67. The van der Waals surface area contributed by atoms with E-state index in [1.807, 2.05) is 19.9 Å². The number of thiophene rings is 1. The van der Waals surface area contributed by atoms with E-state index >= 15 is 0 Å². The third kappa shape index (κ3) is 2.15. The summed E-state index contributed by atoms with van der Waals surface area (Å²) in [5.74, 6) is 0.523. The third-order valence-electron chi connectivity index (χ3n) is 6.25. The van der Waals surface area contributed by atoms with Gasteiger partial charge in [0.25, 0.3) is 5.56 Å². The Balaban J connectivity index is 1.77. The monoisotopic (exact) mass is 376 g/mol. The summed E-state index contributed by atoms with van der Waals surface area (Å²) in [6.07, 6.45) is 2.57. The molecule has 0 radical (unpaired) electrons. The Hall–Kier alpha value is -2.65. The van der Waals surface area contributed by atoms with Gasteiger partial charge in [-0.1, -0.05) is 18.2 Å². The molecule has 0 unspecified atom stereocenters. The van der Waals surface area contributed by atoms with Gasteiger partial charge >= 0.3 is 0 Å². The van der Waals surface area contributed by atoms with Crippen LogP contribution in [0.2, 0.25) is 0 Å². The third-order valence-corrected chi connectivity index (χ3v) is 7.35. The number of H-pyrrole nitrogens is 1. The van der Waals surface area contributed by atoms with Crippen LogP contribution >= 0.6 is 11.3 Å². The number of fused-ring (bicyclic) bond motifs is 4. The average Bonchev–Trinajstić information content (AvgIpc) is 3.27. The van der Waals surface area contributed by atoms with Crippen molar-refractivity contribution in [3.63, 3.8) is 0 Å². The van der Waals surface area contributed by atoms with E-state index in [9.17, 15) is 10.1 Å². The van der Waals surface area contributed by atoms with Gasteiger partial charge in [0.1, 0.15) is 16.1 Å². The molecular formula is C21H20N4OS. The van der Waals surface area contributed by atoms with E-state index in [-0.39, 0.29) is 11.6 Å². The molecule has 2 atom stereocenters. The number of aromatic amines is 1. The van der Waals surface area contributed by atoms with Crippen LogP contribution in [0.15, 0.2) is 29.1 Å². The van der Waals surface area contributed by atoms with Crippen LogP contribution in [0, 0.1) is 25.2 Å². The van der Waals surface area contributed by atoms with Crippen molar-refractivity contribution in [3.8, 4) is 6.07 Å². The van der Waals surface area contributed by atoms with Crippen LogP contribution in [-0.4, -0.2) is 22.6 Å². The number of hydrogen-bond acceptors (Lipinski definition) is 5. The van der Waals surface area contributed by atoms with E-state index in [0.29, 0.717) is 17.6 Å². The molecule has 2 aromatic heterocycles. The zero-order valence-electron chi connectivity index (χ0n) is 15.4. The van der Waals surface area contributed by atoms with Gasteiger partial charge in [0, 0.05) is 23.5 Å². The first-order valence-corrected chi connectivity index (χ1v) is 10.1. The highest BCUT2D eigenvalue weighted by atomic mass is 32.1. The first-order valence-electron chi connectivity index (χ1n) is 9.31. The molecule has 1 aromatic carbocycles. The molecule has 6 heteroatoms. The molecule has 4 heterocycles. The van der Waals surface area contributed by atoms with Crippen molar-refractivity contribution in [2.24, 2.45) is 0 Å². The van der Waals surface area contributed by atoms with E-state index in [1.165, 1.54) is 17.0 Å².